The number of hydrogen-bond acceptors (Lipinski definition) is 2. The molecule has 0 saturated heterocycles. The lowest BCUT2D eigenvalue weighted by Gasteiger charge is -2.06. The molecule has 0 saturated carbocycles. The van der Waals surface area contributed by atoms with Gasteiger partial charge in [0.05, 0.1) is 6.54 Å². The summed E-state index contributed by atoms with van der Waals surface area (Å²) in [5.74, 6) is 1.42. The van der Waals surface area contributed by atoms with Crippen LogP contribution in [0.1, 0.15) is 0 Å². The van der Waals surface area contributed by atoms with Crippen molar-refractivity contribution in [2.24, 2.45) is 0 Å². The molecule has 1 N–H and O–H groups in total. The maximum Gasteiger partial charge on any atom is 0.258 e. The molecule has 4 heteroatoms. The average molecular weight is 207 g/mol. The van der Waals surface area contributed by atoms with E-state index < -0.39 is 5.82 Å². The zero-order valence-electron chi connectivity index (χ0n) is 8.00. The lowest BCUT2D eigenvalue weighted by atomic mass is 10.3. The third kappa shape index (κ3) is 3.69. The van der Waals surface area contributed by atoms with Crippen molar-refractivity contribution < 1.29 is 13.9 Å². The zero-order valence-corrected chi connectivity index (χ0v) is 8.00. The van der Waals surface area contributed by atoms with E-state index in [2.05, 4.69) is 11.2 Å². The molecule has 0 atom stereocenters. The van der Waals surface area contributed by atoms with Gasteiger partial charge >= 0.3 is 0 Å². The van der Waals surface area contributed by atoms with Crippen LogP contribution >= 0.6 is 0 Å². The van der Waals surface area contributed by atoms with E-state index in [0.717, 1.165) is 0 Å². The number of hydrogen-bond donors (Lipinski definition) is 1. The fourth-order valence-corrected chi connectivity index (χ4v) is 0.906. The number of carbonyl (C=O) groups is 1. The van der Waals surface area contributed by atoms with Crippen LogP contribution in [-0.4, -0.2) is 19.1 Å². The molecule has 0 radical (unpaired) electrons. The number of rotatable bonds is 4. The Hall–Kier alpha value is -2.02. The summed E-state index contributed by atoms with van der Waals surface area (Å²) in [5.41, 5.74) is 0. The molecule has 1 rings (SSSR count). The molecule has 0 fully saturated rings. The number of benzene rings is 1. The maximum absolute atomic E-state index is 13.0. The molecule has 0 spiro atoms. The minimum atomic E-state index is -0.498. The van der Waals surface area contributed by atoms with Crippen LogP contribution in [0.15, 0.2) is 24.3 Å². The SMILES string of the molecule is C#CCNC(=O)COc1ccccc1F. The fourth-order valence-electron chi connectivity index (χ4n) is 0.906. The van der Waals surface area contributed by atoms with E-state index >= 15 is 0 Å². The number of carbonyl (C=O) groups excluding carboxylic acids is 1. The topological polar surface area (TPSA) is 38.3 Å². The molecule has 78 valence electrons. The van der Waals surface area contributed by atoms with Gasteiger partial charge in [-0.2, -0.15) is 0 Å². The predicted molar refractivity (Wildman–Crippen MR) is 53.7 cm³/mol. The molecule has 1 aromatic rings. The first-order valence-electron chi connectivity index (χ1n) is 4.31. The summed E-state index contributed by atoms with van der Waals surface area (Å²) < 4.78 is 17.9. The Kier molecular flexibility index (Phi) is 4.17. The summed E-state index contributed by atoms with van der Waals surface area (Å²) in [6.45, 7) is -0.109. The second kappa shape index (κ2) is 5.66. The highest BCUT2D eigenvalue weighted by Crippen LogP contribution is 2.14. The van der Waals surface area contributed by atoms with Gasteiger partial charge in [-0.25, -0.2) is 4.39 Å². The van der Waals surface area contributed by atoms with Crippen molar-refractivity contribution in [2.75, 3.05) is 13.2 Å². The molecular weight excluding hydrogens is 197 g/mol. The summed E-state index contributed by atoms with van der Waals surface area (Å²) in [6.07, 6.45) is 4.94. The van der Waals surface area contributed by atoms with Crippen LogP contribution < -0.4 is 10.1 Å². The number of halogens is 1. The molecular formula is C11H10FNO2. The van der Waals surface area contributed by atoms with Gasteiger partial charge in [0.1, 0.15) is 0 Å². The van der Waals surface area contributed by atoms with Gasteiger partial charge < -0.3 is 10.1 Å². The van der Waals surface area contributed by atoms with Crippen molar-refractivity contribution in [1.82, 2.24) is 5.32 Å². The predicted octanol–water partition coefficient (Wildman–Crippen LogP) is 0.954. The molecule has 0 aromatic heterocycles. The van der Waals surface area contributed by atoms with Crippen LogP contribution in [0, 0.1) is 18.2 Å². The first-order chi connectivity index (χ1) is 7.24. The van der Waals surface area contributed by atoms with Gasteiger partial charge in [-0.15, -0.1) is 6.42 Å². The minimum absolute atomic E-state index is 0.0494. The van der Waals surface area contributed by atoms with Crippen molar-refractivity contribution in [1.29, 1.82) is 0 Å². The van der Waals surface area contributed by atoms with Crippen molar-refractivity contribution in [3.63, 3.8) is 0 Å². The van der Waals surface area contributed by atoms with E-state index in [4.69, 9.17) is 11.2 Å². The minimum Gasteiger partial charge on any atom is -0.481 e. The van der Waals surface area contributed by atoms with E-state index in [1.54, 1.807) is 12.1 Å². The smallest absolute Gasteiger partial charge is 0.258 e. The molecule has 0 aliphatic carbocycles. The number of amides is 1. The highest BCUT2D eigenvalue weighted by molar-refractivity contribution is 5.77. The Morgan fingerprint density at radius 1 is 1.53 bits per heavy atom. The normalized spacial score (nSPS) is 9.07. The fraction of sp³-hybridized carbons (Fsp3) is 0.182. The monoisotopic (exact) mass is 207 g/mol. The summed E-state index contributed by atoms with van der Waals surface area (Å²) in [5, 5.41) is 2.40. The molecule has 0 aliphatic heterocycles. The Balaban J connectivity index is 2.41. The first kappa shape index (κ1) is 11.1. The van der Waals surface area contributed by atoms with Gasteiger partial charge in [0.2, 0.25) is 0 Å². The quantitative estimate of drug-likeness (QED) is 0.746. The van der Waals surface area contributed by atoms with E-state index in [1.165, 1.54) is 12.1 Å². The number of ether oxygens (including phenoxy) is 1. The molecule has 1 amide bonds. The third-order valence-corrected chi connectivity index (χ3v) is 1.58. The van der Waals surface area contributed by atoms with Crippen molar-refractivity contribution in [3.8, 4) is 18.1 Å². The molecule has 0 bridgehead atoms. The summed E-state index contributed by atoms with van der Waals surface area (Å²) >= 11 is 0. The lowest BCUT2D eigenvalue weighted by molar-refractivity contribution is -0.122. The summed E-state index contributed by atoms with van der Waals surface area (Å²) in [7, 11) is 0. The maximum atomic E-state index is 13.0. The molecule has 0 heterocycles. The number of nitrogens with one attached hydrogen (secondary N) is 1. The van der Waals surface area contributed by atoms with Crippen molar-refractivity contribution >= 4 is 5.91 Å². The molecule has 0 aliphatic rings. The van der Waals surface area contributed by atoms with Crippen LogP contribution in [-0.2, 0) is 4.79 Å². The van der Waals surface area contributed by atoms with Gasteiger partial charge in [0.15, 0.2) is 18.2 Å². The third-order valence-electron chi connectivity index (χ3n) is 1.58. The molecule has 0 unspecified atom stereocenters. The highest BCUT2D eigenvalue weighted by Gasteiger charge is 2.04. The second-order valence-corrected chi connectivity index (χ2v) is 2.70. The van der Waals surface area contributed by atoms with Gasteiger partial charge in [0, 0.05) is 0 Å². The summed E-state index contributed by atoms with van der Waals surface area (Å²) in [4.78, 5) is 11.0. The highest BCUT2D eigenvalue weighted by atomic mass is 19.1. The standard InChI is InChI=1S/C11H10FNO2/c1-2-7-13-11(14)8-15-10-6-4-3-5-9(10)12/h1,3-6H,7-8H2,(H,13,14). The Labute approximate surface area is 87.2 Å². The first-order valence-corrected chi connectivity index (χ1v) is 4.31. The van der Waals surface area contributed by atoms with E-state index in [1.807, 2.05) is 0 Å². The Bertz CT molecular complexity index is 384. The lowest BCUT2D eigenvalue weighted by Crippen LogP contribution is -2.29. The van der Waals surface area contributed by atoms with Crippen LogP contribution in [0.2, 0.25) is 0 Å². The van der Waals surface area contributed by atoms with Crippen LogP contribution in [0.4, 0.5) is 4.39 Å². The van der Waals surface area contributed by atoms with Gasteiger partial charge in [-0.3, -0.25) is 4.79 Å². The van der Waals surface area contributed by atoms with Crippen molar-refractivity contribution in [2.45, 2.75) is 0 Å². The van der Waals surface area contributed by atoms with E-state index in [0.29, 0.717) is 0 Å². The van der Waals surface area contributed by atoms with Gasteiger partial charge in [-0.05, 0) is 12.1 Å². The van der Waals surface area contributed by atoms with E-state index in [9.17, 15) is 9.18 Å². The average Bonchev–Trinajstić information content (AvgIpc) is 2.25. The number of para-hydroxylation sites is 1. The zero-order chi connectivity index (χ0) is 11.1. The van der Waals surface area contributed by atoms with Crippen LogP contribution in [0.3, 0.4) is 0 Å². The van der Waals surface area contributed by atoms with Crippen molar-refractivity contribution in [3.05, 3.63) is 30.1 Å². The second-order valence-electron chi connectivity index (χ2n) is 2.70. The summed E-state index contributed by atoms with van der Waals surface area (Å²) in [6, 6.07) is 5.87. The van der Waals surface area contributed by atoms with Gasteiger partial charge in [-0.1, -0.05) is 18.1 Å². The molecule has 15 heavy (non-hydrogen) atoms. The molecule has 1 aromatic carbocycles. The van der Waals surface area contributed by atoms with Gasteiger partial charge in [0.25, 0.3) is 5.91 Å². The molecule has 3 nitrogen and oxygen atoms in total. The number of terminal acetylenes is 1. The van der Waals surface area contributed by atoms with Crippen LogP contribution in [0.25, 0.3) is 0 Å². The van der Waals surface area contributed by atoms with E-state index in [-0.39, 0.29) is 24.8 Å². The Morgan fingerprint density at radius 2 is 2.27 bits per heavy atom. The Morgan fingerprint density at radius 3 is 2.93 bits per heavy atom. The van der Waals surface area contributed by atoms with Crippen LogP contribution in [0.5, 0.6) is 5.75 Å². The largest absolute Gasteiger partial charge is 0.481 e.